The number of fused-ring (bicyclic) bond motifs is 3. The minimum atomic E-state index is -4.80. The van der Waals surface area contributed by atoms with Crippen LogP contribution in [0.3, 0.4) is 0 Å². The Morgan fingerprint density at radius 1 is 1.24 bits per heavy atom. The van der Waals surface area contributed by atoms with Crippen molar-refractivity contribution in [3.05, 3.63) is 30.0 Å². The number of ether oxygens (including phenoxy) is 2. The lowest BCUT2D eigenvalue weighted by Crippen LogP contribution is -2.37. The Labute approximate surface area is 187 Å². The molecule has 2 aliphatic heterocycles. The quantitative estimate of drug-likeness (QED) is 0.609. The first-order chi connectivity index (χ1) is 15.8. The van der Waals surface area contributed by atoms with Gasteiger partial charge >= 0.3 is 6.36 Å². The van der Waals surface area contributed by atoms with Gasteiger partial charge in [0, 0.05) is 12.6 Å². The number of nitrogens with two attached hydrogens (primary N) is 1. The van der Waals surface area contributed by atoms with E-state index < -0.39 is 6.36 Å². The molecule has 0 aliphatic carbocycles. The lowest BCUT2D eigenvalue weighted by atomic mass is 9.88. The molecular formula is C21H24F3N7O2. The summed E-state index contributed by atoms with van der Waals surface area (Å²) in [5, 5.41) is 16.6. The van der Waals surface area contributed by atoms with E-state index in [1.807, 2.05) is 11.9 Å². The predicted molar refractivity (Wildman–Crippen MR) is 114 cm³/mol. The van der Waals surface area contributed by atoms with Crippen LogP contribution in [0, 0.1) is 5.92 Å². The molecule has 9 nitrogen and oxygen atoms in total. The van der Waals surface area contributed by atoms with Crippen LogP contribution in [0.2, 0.25) is 0 Å². The fraction of sp³-hybridized carbons (Fsp3) is 0.476. The molecule has 4 heterocycles. The van der Waals surface area contributed by atoms with E-state index in [9.17, 15) is 13.2 Å². The van der Waals surface area contributed by atoms with Crippen LogP contribution in [0.25, 0.3) is 17.0 Å². The maximum Gasteiger partial charge on any atom is 0.573 e. The minimum Gasteiger partial charge on any atom is -0.486 e. The van der Waals surface area contributed by atoms with Gasteiger partial charge in [-0.05, 0) is 44.0 Å². The van der Waals surface area contributed by atoms with Crippen LogP contribution in [0.1, 0.15) is 24.6 Å². The Morgan fingerprint density at radius 2 is 2.03 bits per heavy atom. The van der Waals surface area contributed by atoms with Gasteiger partial charge < -0.3 is 25.4 Å². The van der Waals surface area contributed by atoms with Gasteiger partial charge in [0.2, 0.25) is 5.65 Å². The smallest absolute Gasteiger partial charge is 0.486 e. The monoisotopic (exact) mass is 463 g/mol. The Hall–Kier alpha value is -3.12. The first kappa shape index (κ1) is 21.7. The van der Waals surface area contributed by atoms with Crippen molar-refractivity contribution < 1.29 is 22.6 Å². The SMILES string of the molecule is CN1CCOc2c1c(C(N)C1CCNCC1)nn1c(-c3cccc(OC(F)(F)F)c3)nnc21. The molecule has 0 amide bonds. The molecule has 12 heteroatoms. The summed E-state index contributed by atoms with van der Waals surface area (Å²) < 4.78 is 49.7. The summed E-state index contributed by atoms with van der Waals surface area (Å²) in [5.74, 6) is 0.687. The average Bonchev–Trinajstić information content (AvgIpc) is 3.22. The second-order valence-corrected chi connectivity index (χ2v) is 8.28. The third-order valence-electron chi connectivity index (χ3n) is 6.10. The predicted octanol–water partition coefficient (Wildman–Crippen LogP) is 2.52. The highest BCUT2D eigenvalue weighted by molar-refractivity contribution is 5.76. The molecule has 1 unspecified atom stereocenters. The molecule has 5 rings (SSSR count). The highest BCUT2D eigenvalue weighted by atomic mass is 19.4. The summed E-state index contributed by atoms with van der Waals surface area (Å²) in [5.41, 5.74) is 8.94. The van der Waals surface area contributed by atoms with Crippen LogP contribution in [-0.4, -0.2) is 59.5 Å². The first-order valence-corrected chi connectivity index (χ1v) is 10.8. The van der Waals surface area contributed by atoms with Crippen molar-refractivity contribution in [3.8, 4) is 22.9 Å². The molecule has 33 heavy (non-hydrogen) atoms. The van der Waals surface area contributed by atoms with E-state index in [-0.39, 0.29) is 23.5 Å². The van der Waals surface area contributed by atoms with Gasteiger partial charge in [-0.25, -0.2) is 0 Å². The Kier molecular flexibility index (Phi) is 5.49. The fourth-order valence-electron chi connectivity index (χ4n) is 4.46. The van der Waals surface area contributed by atoms with E-state index in [4.69, 9.17) is 15.6 Å². The first-order valence-electron chi connectivity index (χ1n) is 10.8. The average molecular weight is 463 g/mol. The summed E-state index contributed by atoms with van der Waals surface area (Å²) in [6.07, 6.45) is -2.95. The molecule has 0 spiro atoms. The van der Waals surface area contributed by atoms with Crippen LogP contribution in [0.15, 0.2) is 24.3 Å². The largest absolute Gasteiger partial charge is 0.573 e. The van der Waals surface area contributed by atoms with E-state index in [2.05, 4.69) is 20.3 Å². The summed E-state index contributed by atoms with van der Waals surface area (Å²) in [6.45, 7) is 2.91. The summed E-state index contributed by atoms with van der Waals surface area (Å²) in [4.78, 5) is 2.05. The van der Waals surface area contributed by atoms with Gasteiger partial charge in [-0.2, -0.15) is 9.61 Å². The van der Waals surface area contributed by atoms with Crippen molar-refractivity contribution in [2.24, 2.45) is 11.7 Å². The fourth-order valence-corrected chi connectivity index (χ4v) is 4.46. The lowest BCUT2D eigenvalue weighted by molar-refractivity contribution is -0.274. The van der Waals surface area contributed by atoms with Crippen molar-refractivity contribution in [3.63, 3.8) is 0 Å². The third kappa shape index (κ3) is 4.15. The van der Waals surface area contributed by atoms with Gasteiger partial charge in [-0.15, -0.1) is 23.4 Å². The minimum absolute atomic E-state index is 0.235. The van der Waals surface area contributed by atoms with Gasteiger partial charge in [0.25, 0.3) is 0 Å². The standard InChI is InChI=1S/C21H24F3N7O2/c1-30-9-10-32-18-17(30)16(15(25)12-5-7-26-8-6-12)29-31-19(27-28-20(18)31)13-3-2-4-14(11-13)33-21(22,23)24/h2-4,11-12,15,26H,5-10,25H2,1H3. The van der Waals surface area contributed by atoms with E-state index in [0.717, 1.165) is 31.6 Å². The molecule has 1 atom stereocenters. The molecule has 1 fully saturated rings. The molecular weight excluding hydrogens is 439 g/mol. The van der Waals surface area contributed by atoms with Crippen LogP contribution in [0.4, 0.5) is 18.9 Å². The number of benzene rings is 1. The number of halogens is 3. The molecule has 1 saturated heterocycles. The zero-order chi connectivity index (χ0) is 23.2. The Morgan fingerprint density at radius 3 is 2.79 bits per heavy atom. The van der Waals surface area contributed by atoms with Crippen molar-refractivity contribution in [1.82, 2.24) is 25.1 Å². The van der Waals surface area contributed by atoms with Gasteiger partial charge in [0.15, 0.2) is 11.6 Å². The number of rotatable bonds is 4. The van der Waals surface area contributed by atoms with Gasteiger partial charge in [-0.3, -0.25) is 0 Å². The van der Waals surface area contributed by atoms with Crippen LogP contribution < -0.4 is 25.4 Å². The maximum absolute atomic E-state index is 12.7. The number of nitrogens with one attached hydrogen (secondary N) is 1. The molecule has 2 aliphatic rings. The van der Waals surface area contributed by atoms with Gasteiger partial charge in [-0.1, -0.05) is 12.1 Å². The molecule has 176 valence electrons. The number of hydrogen-bond acceptors (Lipinski definition) is 8. The second-order valence-electron chi connectivity index (χ2n) is 8.28. The molecule has 0 radical (unpaired) electrons. The van der Waals surface area contributed by atoms with Crippen LogP contribution in [-0.2, 0) is 0 Å². The topological polar surface area (TPSA) is 103 Å². The van der Waals surface area contributed by atoms with E-state index in [1.165, 1.54) is 22.7 Å². The number of alkyl halides is 3. The molecule has 3 aromatic rings. The lowest BCUT2D eigenvalue weighted by Gasteiger charge is -2.33. The van der Waals surface area contributed by atoms with Gasteiger partial charge in [0.05, 0.1) is 12.6 Å². The van der Waals surface area contributed by atoms with Crippen molar-refractivity contribution in [2.45, 2.75) is 25.2 Å². The zero-order valence-electron chi connectivity index (χ0n) is 18.0. The Balaban J connectivity index is 1.64. The molecule has 0 saturated carbocycles. The molecule has 0 bridgehead atoms. The Bertz CT molecular complexity index is 1160. The maximum atomic E-state index is 12.7. The highest BCUT2D eigenvalue weighted by Crippen LogP contribution is 2.42. The number of piperidine rings is 1. The van der Waals surface area contributed by atoms with Gasteiger partial charge in [0.1, 0.15) is 23.7 Å². The molecule has 2 aromatic heterocycles. The van der Waals surface area contributed by atoms with E-state index >= 15 is 0 Å². The summed E-state index contributed by atoms with van der Waals surface area (Å²) in [6, 6.07) is 5.22. The van der Waals surface area contributed by atoms with Crippen molar-refractivity contribution in [1.29, 1.82) is 0 Å². The molecule has 3 N–H and O–H groups in total. The number of aromatic nitrogens is 4. The number of hydrogen-bond donors (Lipinski definition) is 2. The normalized spacial score (nSPS) is 18.2. The van der Waals surface area contributed by atoms with Crippen LogP contribution >= 0.6 is 0 Å². The van der Waals surface area contributed by atoms with E-state index in [0.29, 0.717) is 35.8 Å². The number of nitrogens with zero attached hydrogens (tertiary/aromatic N) is 5. The summed E-state index contributed by atoms with van der Waals surface area (Å²) >= 11 is 0. The van der Waals surface area contributed by atoms with Crippen LogP contribution in [0.5, 0.6) is 11.5 Å². The van der Waals surface area contributed by atoms with E-state index in [1.54, 1.807) is 6.07 Å². The number of anilines is 1. The zero-order valence-corrected chi connectivity index (χ0v) is 18.0. The molecule has 1 aromatic carbocycles. The summed E-state index contributed by atoms with van der Waals surface area (Å²) in [7, 11) is 1.95. The second kappa shape index (κ2) is 8.34. The van der Waals surface area contributed by atoms with Crippen molar-refractivity contribution in [2.75, 3.05) is 38.2 Å². The van der Waals surface area contributed by atoms with Crippen molar-refractivity contribution >= 4 is 11.3 Å². The number of likely N-dealkylation sites (N-methyl/N-ethyl adjacent to an activating group) is 1. The highest BCUT2D eigenvalue weighted by Gasteiger charge is 2.34. The third-order valence-corrected chi connectivity index (χ3v) is 6.10.